The van der Waals surface area contributed by atoms with Crippen LogP contribution in [0.25, 0.3) is 0 Å². The highest BCUT2D eigenvalue weighted by atomic mass is 79.9. The quantitative estimate of drug-likeness (QED) is 0.680. The zero-order valence-electron chi connectivity index (χ0n) is 13.1. The average molecular weight is 457 g/mol. The van der Waals surface area contributed by atoms with Gasteiger partial charge in [0.15, 0.2) is 6.61 Å². The number of ether oxygens (including phenoxy) is 2. The smallest absolute Gasteiger partial charge is 0.339 e. The summed E-state index contributed by atoms with van der Waals surface area (Å²) in [6.07, 6.45) is 0. The van der Waals surface area contributed by atoms with Crippen LogP contribution in [0.2, 0.25) is 0 Å². The van der Waals surface area contributed by atoms with Crippen LogP contribution in [0.3, 0.4) is 0 Å². The zero-order chi connectivity index (χ0) is 17.7. The largest absolute Gasteiger partial charge is 0.482 e. The number of rotatable bonds is 5. The number of methoxy groups -OCH3 is 1. The number of para-hydroxylation sites is 1. The van der Waals surface area contributed by atoms with Crippen molar-refractivity contribution in [3.8, 4) is 5.75 Å². The van der Waals surface area contributed by atoms with E-state index in [0.29, 0.717) is 11.4 Å². The van der Waals surface area contributed by atoms with Crippen LogP contribution in [0.4, 0.5) is 5.69 Å². The number of amides is 1. The molecular weight excluding hydrogens is 442 g/mol. The molecule has 5 nitrogen and oxygen atoms in total. The Balaban J connectivity index is 2.06. The summed E-state index contributed by atoms with van der Waals surface area (Å²) in [6, 6.07) is 10.4. The second kappa shape index (κ2) is 8.30. The Hall–Kier alpha value is -1.86. The van der Waals surface area contributed by atoms with Gasteiger partial charge in [-0.3, -0.25) is 4.79 Å². The molecule has 0 atom stereocenters. The van der Waals surface area contributed by atoms with Crippen molar-refractivity contribution in [1.82, 2.24) is 0 Å². The fourth-order valence-electron chi connectivity index (χ4n) is 2.08. The third-order valence-corrected chi connectivity index (χ3v) is 4.20. The fraction of sp³-hybridized carbons (Fsp3) is 0.176. The van der Waals surface area contributed by atoms with Crippen molar-refractivity contribution in [2.75, 3.05) is 19.0 Å². The second-order valence-electron chi connectivity index (χ2n) is 4.91. The maximum atomic E-state index is 12.1. The molecule has 2 rings (SSSR count). The van der Waals surface area contributed by atoms with Crippen LogP contribution in [0.5, 0.6) is 5.75 Å². The molecule has 2 aromatic carbocycles. The Morgan fingerprint density at radius 1 is 1.17 bits per heavy atom. The second-order valence-corrected chi connectivity index (χ2v) is 6.68. The molecule has 0 fully saturated rings. The summed E-state index contributed by atoms with van der Waals surface area (Å²) in [4.78, 5) is 23.8. The molecule has 0 saturated carbocycles. The first-order valence-corrected chi connectivity index (χ1v) is 8.56. The van der Waals surface area contributed by atoms with E-state index < -0.39 is 5.97 Å². The van der Waals surface area contributed by atoms with Crippen molar-refractivity contribution in [2.45, 2.75) is 6.92 Å². The van der Waals surface area contributed by atoms with E-state index in [1.165, 1.54) is 7.11 Å². The lowest BCUT2D eigenvalue weighted by molar-refractivity contribution is -0.118. The highest BCUT2D eigenvalue weighted by Gasteiger charge is 2.14. The Labute approximate surface area is 156 Å². The summed E-state index contributed by atoms with van der Waals surface area (Å²) in [5.41, 5.74) is 1.55. The van der Waals surface area contributed by atoms with Gasteiger partial charge >= 0.3 is 5.97 Å². The molecule has 1 amide bonds. The van der Waals surface area contributed by atoms with E-state index in [0.717, 1.165) is 14.5 Å². The number of nitrogens with one attached hydrogen (secondary N) is 1. The van der Waals surface area contributed by atoms with Gasteiger partial charge in [-0.2, -0.15) is 0 Å². The van der Waals surface area contributed by atoms with E-state index in [2.05, 4.69) is 37.2 Å². The molecule has 0 aliphatic carbocycles. The maximum absolute atomic E-state index is 12.1. The van der Waals surface area contributed by atoms with Crippen molar-refractivity contribution >= 4 is 49.4 Å². The van der Waals surface area contributed by atoms with Gasteiger partial charge in [-0.05, 0) is 52.7 Å². The molecule has 126 valence electrons. The first-order valence-electron chi connectivity index (χ1n) is 6.98. The summed E-state index contributed by atoms with van der Waals surface area (Å²) >= 11 is 6.80. The minimum absolute atomic E-state index is 0.184. The molecule has 7 heteroatoms. The lowest BCUT2D eigenvalue weighted by Crippen LogP contribution is -2.22. The van der Waals surface area contributed by atoms with Crippen LogP contribution in [-0.4, -0.2) is 25.6 Å². The van der Waals surface area contributed by atoms with Gasteiger partial charge in [0, 0.05) is 4.47 Å². The van der Waals surface area contributed by atoms with Gasteiger partial charge in [-0.1, -0.05) is 28.1 Å². The molecule has 1 N–H and O–H groups in total. The number of esters is 1. The lowest BCUT2D eigenvalue weighted by Gasteiger charge is -2.13. The van der Waals surface area contributed by atoms with E-state index in [1.54, 1.807) is 24.3 Å². The molecule has 0 aromatic heterocycles. The number of hydrogen-bond acceptors (Lipinski definition) is 4. The van der Waals surface area contributed by atoms with E-state index in [-0.39, 0.29) is 18.1 Å². The minimum Gasteiger partial charge on any atom is -0.482 e. The predicted octanol–water partition coefficient (Wildman–Crippen LogP) is 4.32. The fourth-order valence-corrected chi connectivity index (χ4v) is 3.63. The summed E-state index contributed by atoms with van der Waals surface area (Å²) in [5, 5.41) is 2.66. The van der Waals surface area contributed by atoms with Gasteiger partial charge in [-0.15, -0.1) is 0 Å². The number of benzene rings is 2. The molecule has 0 heterocycles. The van der Waals surface area contributed by atoms with Crippen molar-refractivity contribution in [2.24, 2.45) is 0 Å². The molecule has 0 spiro atoms. The van der Waals surface area contributed by atoms with Crippen molar-refractivity contribution in [3.63, 3.8) is 0 Å². The Kier molecular flexibility index (Phi) is 6.39. The molecule has 0 radical (unpaired) electrons. The number of carbonyl (C=O) groups is 2. The first kappa shape index (κ1) is 18.5. The molecule has 2 aromatic rings. The van der Waals surface area contributed by atoms with Gasteiger partial charge < -0.3 is 14.8 Å². The van der Waals surface area contributed by atoms with Gasteiger partial charge in [0.1, 0.15) is 5.75 Å². The summed E-state index contributed by atoms with van der Waals surface area (Å²) in [6.45, 7) is 1.70. The Morgan fingerprint density at radius 2 is 1.88 bits per heavy atom. The Bertz CT molecular complexity index is 754. The van der Waals surface area contributed by atoms with Crippen molar-refractivity contribution in [1.29, 1.82) is 0 Å². The van der Waals surface area contributed by atoms with Gasteiger partial charge in [0.2, 0.25) is 0 Å². The number of hydrogen-bond donors (Lipinski definition) is 1. The topological polar surface area (TPSA) is 64.6 Å². The van der Waals surface area contributed by atoms with Crippen LogP contribution < -0.4 is 10.1 Å². The molecule has 0 saturated heterocycles. The van der Waals surface area contributed by atoms with Gasteiger partial charge in [-0.25, -0.2) is 4.79 Å². The number of carbonyl (C=O) groups excluding carboxylic acids is 2. The van der Waals surface area contributed by atoms with E-state index in [1.807, 2.05) is 19.1 Å². The van der Waals surface area contributed by atoms with Crippen LogP contribution in [0.1, 0.15) is 15.9 Å². The zero-order valence-corrected chi connectivity index (χ0v) is 16.2. The summed E-state index contributed by atoms with van der Waals surface area (Å²) in [7, 11) is 1.29. The normalized spacial score (nSPS) is 10.2. The summed E-state index contributed by atoms with van der Waals surface area (Å²) < 4.78 is 11.9. The molecule has 24 heavy (non-hydrogen) atoms. The molecular formula is C17H15Br2NO4. The van der Waals surface area contributed by atoms with Crippen LogP contribution >= 0.6 is 31.9 Å². The third-order valence-electron chi connectivity index (χ3n) is 3.15. The lowest BCUT2D eigenvalue weighted by atomic mass is 10.2. The minimum atomic E-state index is -0.515. The van der Waals surface area contributed by atoms with E-state index in [4.69, 9.17) is 9.47 Å². The standard InChI is InChI=1S/C17H15Br2NO4/c1-10-7-11(18)8-13(19)16(10)24-9-15(21)20-14-6-4-3-5-12(14)17(22)23-2/h3-8H,9H2,1-2H3,(H,20,21). The van der Waals surface area contributed by atoms with E-state index >= 15 is 0 Å². The number of aryl methyl sites for hydroxylation is 1. The van der Waals surface area contributed by atoms with E-state index in [9.17, 15) is 9.59 Å². The third kappa shape index (κ3) is 4.58. The summed E-state index contributed by atoms with van der Waals surface area (Å²) in [5.74, 6) is -0.298. The Morgan fingerprint density at radius 3 is 2.54 bits per heavy atom. The van der Waals surface area contributed by atoms with Crippen LogP contribution in [0, 0.1) is 6.92 Å². The highest BCUT2D eigenvalue weighted by Crippen LogP contribution is 2.32. The highest BCUT2D eigenvalue weighted by molar-refractivity contribution is 9.11. The van der Waals surface area contributed by atoms with Gasteiger partial charge in [0.25, 0.3) is 5.91 Å². The average Bonchev–Trinajstić information content (AvgIpc) is 2.53. The number of halogens is 2. The first-order chi connectivity index (χ1) is 11.4. The molecule has 0 aliphatic heterocycles. The van der Waals surface area contributed by atoms with Gasteiger partial charge in [0.05, 0.1) is 22.8 Å². The van der Waals surface area contributed by atoms with Crippen LogP contribution in [-0.2, 0) is 9.53 Å². The monoisotopic (exact) mass is 455 g/mol. The van der Waals surface area contributed by atoms with Crippen molar-refractivity contribution < 1.29 is 19.1 Å². The van der Waals surface area contributed by atoms with Crippen molar-refractivity contribution in [3.05, 3.63) is 56.5 Å². The molecule has 0 bridgehead atoms. The maximum Gasteiger partial charge on any atom is 0.339 e. The predicted molar refractivity (Wildman–Crippen MR) is 98.5 cm³/mol. The van der Waals surface area contributed by atoms with Crippen LogP contribution in [0.15, 0.2) is 45.3 Å². The SMILES string of the molecule is COC(=O)c1ccccc1NC(=O)COc1c(C)cc(Br)cc1Br. The number of anilines is 1. The molecule has 0 unspecified atom stereocenters. The molecule has 0 aliphatic rings.